The molecule has 0 unspecified atom stereocenters. The van der Waals surface area contributed by atoms with Gasteiger partial charge in [-0.3, -0.25) is 9.97 Å². The molecule has 3 aromatic heterocycles. The Bertz CT molecular complexity index is 712. The number of nitrogens with zero attached hydrogens (tertiary/aromatic N) is 4. The summed E-state index contributed by atoms with van der Waals surface area (Å²) >= 11 is 0. The van der Waals surface area contributed by atoms with Gasteiger partial charge in [0.25, 0.3) is 0 Å². The molecule has 0 aliphatic carbocycles. The molecule has 3 aromatic rings. The highest BCUT2D eigenvalue weighted by atomic mass is 15.0. The van der Waals surface area contributed by atoms with Crippen LogP contribution in [0.5, 0.6) is 0 Å². The van der Waals surface area contributed by atoms with Crippen LogP contribution in [0.1, 0.15) is 13.3 Å². The quantitative estimate of drug-likeness (QED) is 0.785. The maximum absolute atomic E-state index is 4.63. The number of nitrogens with one attached hydrogen (secondary N) is 1. The zero-order chi connectivity index (χ0) is 13.8. The van der Waals surface area contributed by atoms with Crippen LogP contribution >= 0.6 is 0 Å². The minimum Gasteiger partial charge on any atom is -0.369 e. The van der Waals surface area contributed by atoms with Crippen LogP contribution in [-0.2, 0) is 0 Å². The standard InChI is InChI=1S/C15H15N5/c1-2-6-18-15-12-5-9-17-10-13(12)19-14(20-15)11-3-7-16-8-4-11/h3-5,7-10H,2,6H2,1H3,(H,18,19,20). The maximum Gasteiger partial charge on any atom is 0.162 e. The molecule has 0 atom stereocenters. The van der Waals surface area contributed by atoms with Gasteiger partial charge in [0, 0.05) is 36.1 Å². The predicted octanol–water partition coefficient (Wildman–Crippen LogP) is 2.91. The van der Waals surface area contributed by atoms with Crippen molar-refractivity contribution in [1.82, 2.24) is 19.9 Å². The van der Waals surface area contributed by atoms with E-state index in [1.807, 2.05) is 18.2 Å². The number of hydrogen-bond donors (Lipinski definition) is 1. The van der Waals surface area contributed by atoms with Crippen molar-refractivity contribution in [3.8, 4) is 11.4 Å². The van der Waals surface area contributed by atoms with E-state index in [0.717, 1.165) is 35.2 Å². The fraction of sp³-hybridized carbons (Fsp3) is 0.200. The Labute approximate surface area is 117 Å². The predicted molar refractivity (Wildman–Crippen MR) is 79.3 cm³/mol. The van der Waals surface area contributed by atoms with Crippen LogP contribution in [-0.4, -0.2) is 26.5 Å². The smallest absolute Gasteiger partial charge is 0.162 e. The van der Waals surface area contributed by atoms with Gasteiger partial charge in [-0.2, -0.15) is 0 Å². The minimum absolute atomic E-state index is 0.687. The van der Waals surface area contributed by atoms with Gasteiger partial charge in [0.2, 0.25) is 0 Å². The van der Waals surface area contributed by atoms with E-state index in [0.29, 0.717) is 5.82 Å². The van der Waals surface area contributed by atoms with Gasteiger partial charge in [-0.1, -0.05) is 6.92 Å². The Kier molecular flexibility index (Phi) is 3.50. The highest BCUT2D eigenvalue weighted by Gasteiger charge is 2.08. The first kappa shape index (κ1) is 12.5. The highest BCUT2D eigenvalue weighted by Crippen LogP contribution is 2.23. The van der Waals surface area contributed by atoms with Crippen molar-refractivity contribution >= 4 is 16.7 Å². The van der Waals surface area contributed by atoms with Gasteiger partial charge in [0.15, 0.2) is 5.82 Å². The lowest BCUT2D eigenvalue weighted by atomic mass is 10.2. The average molecular weight is 265 g/mol. The molecule has 0 aromatic carbocycles. The second-order valence-electron chi connectivity index (χ2n) is 4.45. The third-order valence-electron chi connectivity index (χ3n) is 2.98. The van der Waals surface area contributed by atoms with Gasteiger partial charge in [-0.25, -0.2) is 9.97 Å². The van der Waals surface area contributed by atoms with Crippen molar-refractivity contribution in [2.24, 2.45) is 0 Å². The summed E-state index contributed by atoms with van der Waals surface area (Å²) in [6.45, 7) is 3.01. The van der Waals surface area contributed by atoms with Gasteiger partial charge < -0.3 is 5.32 Å². The highest BCUT2D eigenvalue weighted by molar-refractivity contribution is 5.89. The summed E-state index contributed by atoms with van der Waals surface area (Å²) in [4.78, 5) is 17.4. The molecule has 20 heavy (non-hydrogen) atoms. The fourth-order valence-electron chi connectivity index (χ4n) is 1.99. The summed E-state index contributed by atoms with van der Waals surface area (Å²) in [6.07, 6.45) is 8.05. The molecule has 100 valence electrons. The van der Waals surface area contributed by atoms with Crippen molar-refractivity contribution in [2.45, 2.75) is 13.3 Å². The van der Waals surface area contributed by atoms with Crippen molar-refractivity contribution < 1.29 is 0 Å². The van der Waals surface area contributed by atoms with E-state index in [4.69, 9.17) is 0 Å². The lowest BCUT2D eigenvalue weighted by molar-refractivity contribution is 0.970. The molecule has 0 aliphatic heterocycles. The third kappa shape index (κ3) is 2.42. The van der Waals surface area contributed by atoms with E-state index in [1.54, 1.807) is 24.8 Å². The van der Waals surface area contributed by atoms with E-state index >= 15 is 0 Å². The summed E-state index contributed by atoms with van der Waals surface area (Å²) in [5.74, 6) is 1.54. The maximum atomic E-state index is 4.63. The van der Waals surface area contributed by atoms with Crippen LogP contribution in [0.4, 0.5) is 5.82 Å². The number of hydrogen-bond acceptors (Lipinski definition) is 5. The number of anilines is 1. The molecule has 5 nitrogen and oxygen atoms in total. The minimum atomic E-state index is 0.687. The molecule has 0 spiro atoms. The van der Waals surface area contributed by atoms with Crippen molar-refractivity contribution in [1.29, 1.82) is 0 Å². The van der Waals surface area contributed by atoms with Crippen molar-refractivity contribution in [3.05, 3.63) is 43.0 Å². The molecule has 5 heteroatoms. The Morgan fingerprint density at radius 3 is 2.60 bits per heavy atom. The SMILES string of the molecule is CCCNc1nc(-c2ccncc2)nc2cnccc12. The number of pyridine rings is 2. The molecule has 0 saturated heterocycles. The molecule has 0 radical (unpaired) electrons. The Balaban J connectivity index is 2.14. The summed E-state index contributed by atoms with van der Waals surface area (Å²) < 4.78 is 0. The van der Waals surface area contributed by atoms with Crippen molar-refractivity contribution in [3.63, 3.8) is 0 Å². The van der Waals surface area contributed by atoms with Gasteiger partial charge >= 0.3 is 0 Å². The van der Waals surface area contributed by atoms with Gasteiger partial charge in [0.05, 0.1) is 11.7 Å². The molecule has 3 rings (SSSR count). The van der Waals surface area contributed by atoms with E-state index in [-0.39, 0.29) is 0 Å². The van der Waals surface area contributed by atoms with Crippen LogP contribution in [0.15, 0.2) is 43.0 Å². The molecular weight excluding hydrogens is 250 g/mol. The summed E-state index contributed by atoms with van der Waals surface area (Å²) in [5.41, 5.74) is 1.79. The van der Waals surface area contributed by atoms with E-state index in [2.05, 4.69) is 32.2 Å². The molecule has 1 N–H and O–H groups in total. The molecule has 3 heterocycles. The summed E-state index contributed by atoms with van der Waals surface area (Å²) in [6, 6.07) is 5.74. The third-order valence-corrected chi connectivity index (χ3v) is 2.98. The second-order valence-corrected chi connectivity index (χ2v) is 4.45. The lowest BCUT2D eigenvalue weighted by Gasteiger charge is -2.09. The van der Waals surface area contributed by atoms with Crippen LogP contribution < -0.4 is 5.32 Å². The Morgan fingerprint density at radius 2 is 1.80 bits per heavy atom. The normalized spacial score (nSPS) is 10.7. The van der Waals surface area contributed by atoms with Crippen LogP contribution in [0.2, 0.25) is 0 Å². The van der Waals surface area contributed by atoms with Crippen molar-refractivity contribution in [2.75, 3.05) is 11.9 Å². The summed E-state index contributed by atoms with van der Waals surface area (Å²) in [5, 5.41) is 4.34. The zero-order valence-electron chi connectivity index (χ0n) is 11.2. The molecular formula is C15H15N5. The van der Waals surface area contributed by atoms with Crippen LogP contribution in [0.3, 0.4) is 0 Å². The molecule has 0 saturated carbocycles. The monoisotopic (exact) mass is 265 g/mol. The topological polar surface area (TPSA) is 63.6 Å². The molecule has 0 aliphatic rings. The Morgan fingerprint density at radius 1 is 1.00 bits per heavy atom. The van der Waals surface area contributed by atoms with Crippen LogP contribution in [0.25, 0.3) is 22.3 Å². The first-order valence-electron chi connectivity index (χ1n) is 6.64. The molecule has 0 bridgehead atoms. The van der Waals surface area contributed by atoms with Gasteiger partial charge in [-0.05, 0) is 24.6 Å². The first-order chi connectivity index (χ1) is 9.88. The summed E-state index contributed by atoms with van der Waals surface area (Å²) in [7, 11) is 0. The second kappa shape index (κ2) is 5.61. The average Bonchev–Trinajstić information content (AvgIpc) is 2.53. The van der Waals surface area contributed by atoms with Gasteiger partial charge in [-0.15, -0.1) is 0 Å². The molecule has 0 fully saturated rings. The Hall–Kier alpha value is -2.56. The fourth-order valence-corrected chi connectivity index (χ4v) is 1.99. The zero-order valence-corrected chi connectivity index (χ0v) is 11.2. The number of rotatable bonds is 4. The van der Waals surface area contributed by atoms with Gasteiger partial charge in [0.1, 0.15) is 5.82 Å². The number of fused-ring (bicyclic) bond motifs is 1. The largest absolute Gasteiger partial charge is 0.369 e. The lowest BCUT2D eigenvalue weighted by Crippen LogP contribution is -2.05. The van der Waals surface area contributed by atoms with E-state index in [9.17, 15) is 0 Å². The van der Waals surface area contributed by atoms with E-state index in [1.165, 1.54) is 0 Å². The first-order valence-corrected chi connectivity index (χ1v) is 6.64. The van der Waals surface area contributed by atoms with Crippen LogP contribution in [0, 0.1) is 0 Å². The van der Waals surface area contributed by atoms with E-state index < -0.39 is 0 Å². The molecule has 0 amide bonds. The number of aromatic nitrogens is 4.